The molecule has 0 saturated carbocycles. The molecule has 7 heteroatoms. The van der Waals surface area contributed by atoms with Crippen molar-refractivity contribution in [1.29, 1.82) is 0 Å². The van der Waals surface area contributed by atoms with Gasteiger partial charge in [-0.2, -0.15) is 9.50 Å². The normalized spacial score (nSPS) is 19.5. The predicted molar refractivity (Wildman–Crippen MR) is 103 cm³/mol. The average Bonchev–Trinajstić information content (AvgIpc) is 3.29. The van der Waals surface area contributed by atoms with Crippen LogP contribution in [0.4, 0.5) is 17.5 Å². The Morgan fingerprint density at radius 3 is 2.96 bits per heavy atom. The molecule has 1 aromatic carbocycles. The molecule has 4 heterocycles. The number of pyridine rings is 1. The zero-order valence-electron chi connectivity index (χ0n) is 14.6. The summed E-state index contributed by atoms with van der Waals surface area (Å²) in [6.45, 7) is 3.97. The second-order valence-electron chi connectivity index (χ2n) is 7.02. The Morgan fingerprint density at radius 1 is 1.08 bits per heavy atom. The summed E-state index contributed by atoms with van der Waals surface area (Å²) in [5.74, 6) is 1.60. The van der Waals surface area contributed by atoms with Crippen LogP contribution in [0.5, 0.6) is 0 Å². The number of piperidine rings is 1. The first-order valence-corrected chi connectivity index (χ1v) is 9.28. The fourth-order valence-electron chi connectivity index (χ4n) is 3.75. The molecule has 134 valence electrons. The fourth-order valence-corrected chi connectivity index (χ4v) is 3.75. The molecule has 1 atom stereocenters. The van der Waals surface area contributed by atoms with Gasteiger partial charge in [0.1, 0.15) is 5.82 Å². The van der Waals surface area contributed by atoms with Crippen molar-refractivity contribution in [3.8, 4) is 0 Å². The maximum absolute atomic E-state index is 4.66. The van der Waals surface area contributed by atoms with Gasteiger partial charge in [0, 0.05) is 31.4 Å². The minimum absolute atomic E-state index is 0.430. The molecule has 26 heavy (non-hydrogen) atoms. The number of nitrogens with zero attached hydrogens (tertiary/aromatic N) is 3. The average molecular weight is 349 g/mol. The molecule has 3 aromatic rings. The summed E-state index contributed by atoms with van der Waals surface area (Å²) in [6.07, 6.45) is 2.37. The SMILES string of the molecule is c1cc(N[C@H]2CCCNC2)n2nc(Nc3ccc4c(c3)CNC4)nc2c1. The lowest BCUT2D eigenvalue weighted by Gasteiger charge is -2.24. The third-order valence-electron chi connectivity index (χ3n) is 5.10. The molecule has 1 saturated heterocycles. The minimum Gasteiger partial charge on any atom is -0.366 e. The van der Waals surface area contributed by atoms with Gasteiger partial charge in [-0.05, 0) is 54.8 Å². The van der Waals surface area contributed by atoms with E-state index in [1.54, 1.807) is 0 Å². The first-order valence-electron chi connectivity index (χ1n) is 9.28. The van der Waals surface area contributed by atoms with Crippen molar-refractivity contribution in [2.24, 2.45) is 0 Å². The Balaban J connectivity index is 1.40. The third-order valence-corrected chi connectivity index (χ3v) is 5.10. The number of anilines is 3. The highest BCUT2D eigenvalue weighted by atomic mass is 15.4. The van der Waals surface area contributed by atoms with Crippen LogP contribution in [0, 0.1) is 0 Å². The van der Waals surface area contributed by atoms with Crippen molar-refractivity contribution in [2.45, 2.75) is 32.0 Å². The van der Waals surface area contributed by atoms with Crippen LogP contribution in [0.15, 0.2) is 36.4 Å². The molecule has 0 aliphatic carbocycles. The summed E-state index contributed by atoms with van der Waals surface area (Å²) >= 11 is 0. The predicted octanol–water partition coefficient (Wildman–Crippen LogP) is 2.24. The molecule has 4 N–H and O–H groups in total. The molecule has 0 radical (unpaired) electrons. The van der Waals surface area contributed by atoms with E-state index in [4.69, 9.17) is 0 Å². The van der Waals surface area contributed by atoms with Crippen LogP contribution in [0.25, 0.3) is 5.65 Å². The van der Waals surface area contributed by atoms with Crippen LogP contribution in [0.2, 0.25) is 0 Å². The Hall–Kier alpha value is -2.64. The van der Waals surface area contributed by atoms with Crippen molar-refractivity contribution in [1.82, 2.24) is 25.2 Å². The van der Waals surface area contributed by atoms with Crippen molar-refractivity contribution in [3.63, 3.8) is 0 Å². The maximum Gasteiger partial charge on any atom is 0.247 e. The van der Waals surface area contributed by atoms with E-state index in [0.29, 0.717) is 12.0 Å². The van der Waals surface area contributed by atoms with Gasteiger partial charge in [-0.1, -0.05) is 12.1 Å². The van der Waals surface area contributed by atoms with E-state index < -0.39 is 0 Å². The molecule has 2 aromatic heterocycles. The lowest BCUT2D eigenvalue weighted by atomic mass is 10.1. The smallest absolute Gasteiger partial charge is 0.247 e. The lowest BCUT2D eigenvalue weighted by Crippen LogP contribution is -2.38. The van der Waals surface area contributed by atoms with Crippen LogP contribution in [-0.2, 0) is 13.1 Å². The lowest BCUT2D eigenvalue weighted by molar-refractivity contribution is 0.478. The van der Waals surface area contributed by atoms with Gasteiger partial charge in [0.05, 0.1) is 0 Å². The Labute approximate surface area is 152 Å². The van der Waals surface area contributed by atoms with Gasteiger partial charge in [-0.3, -0.25) is 0 Å². The number of benzene rings is 1. The largest absolute Gasteiger partial charge is 0.366 e. The molecule has 0 amide bonds. The third kappa shape index (κ3) is 3.00. The van der Waals surface area contributed by atoms with Gasteiger partial charge in [0.15, 0.2) is 5.65 Å². The summed E-state index contributed by atoms with van der Waals surface area (Å²) in [5.41, 5.74) is 4.57. The van der Waals surface area contributed by atoms with Crippen LogP contribution < -0.4 is 21.3 Å². The second kappa shape index (κ2) is 6.59. The van der Waals surface area contributed by atoms with Gasteiger partial charge >= 0.3 is 0 Å². The first kappa shape index (κ1) is 15.6. The monoisotopic (exact) mass is 349 g/mol. The zero-order chi connectivity index (χ0) is 17.3. The van der Waals surface area contributed by atoms with E-state index >= 15 is 0 Å². The van der Waals surface area contributed by atoms with Crippen molar-refractivity contribution in [2.75, 3.05) is 23.7 Å². The van der Waals surface area contributed by atoms with E-state index in [9.17, 15) is 0 Å². The number of rotatable bonds is 4. The van der Waals surface area contributed by atoms with E-state index in [1.165, 1.54) is 24.0 Å². The zero-order valence-corrected chi connectivity index (χ0v) is 14.6. The molecule has 2 aliphatic heterocycles. The van der Waals surface area contributed by atoms with E-state index in [-0.39, 0.29) is 0 Å². The number of fused-ring (bicyclic) bond motifs is 2. The number of hydrogen-bond acceptors (Lipinski definition) is 6. The van der Waals surface area contributed by atoms with E-state index in [1.807, 2.05) is 16.6 Å². The fraction of sp³-hybridized carbons (Fsp3) is 0.368. The topological polar surface area (TPSA) is 78.3 Å². The Kier molecular flexibility index (Phi) is 3.95. The maximum atomic E-state index is 4.66. The minimum atomic E-state index is 0.430. The van der Waals surface area contributed by atoms with E-state index in [0.717, 1.165) is 43.3 Å². The van der Waals surface area contributed by atoms with Gasteiger partial charge < -0.3 is 21.3 Å². The summed E-state index contributed by atoms with van der Waals surface area (Å²) in [6, 6.07) is 12.9. The highest BCUT2D eigenvalue weighted by Gasteiger charge is 2.15. The quantitative estimate of drug-likeness (QED) is 0.579. The number of nitrogens with one attached hydrogen (secondary N) is 4. The van der Waals surface area contributed by atoms with Gasteiger partial charge in [-0.25, -0.2) is 0 Å². The highest BCUT2D eigenvalue weighted by Crippen LogP contribution is 2.23. The molecule has 0 spiro atoms. The number of hydrogen-bond donors (Lipinski definition) is 4. The second-order valence-corrected chi connectivity index (χ2v) is 7.02. The van der Waals surface area contributed by atoms with Crippen LogP contribution in [0.1, 0.15) is 24.0 Å². The Morgan fingerprint density at radius 2 is 2.04 bits per heavy atom. The number of aromatic nitrogens is 3. The summed E-state index contributed by atoms with van der Waals surface area (Å²) in [4.78, 5) is 4.62. The molecular formula is C19H23N7. The molecule has 0 bridgehead atoms. The summed E-state index contributed by atoms with van der Waals surface area (Å²) in [7, 11) is 0. The van der Waals surface area contributed by atoms with Crippen molar-refractivity contribution in [3.05, 3.63) is 47.5 Å². The van der Waals surface area contributed by atoms with Crippen molar-refractivity contribution >= 4 is 23.1 Å². The van der Waals surface area contributed by atoms with Crippen molar-refractivity contribution < 1.29 is 0 Å². The van der Waals surface area contributed by atoms with Gasteiger partial charge in [-0.15, -0.1) is 5.10 Å². The van der Waals surface area contributed by atoms with Crippen LogP contribution >= 0.6 is 0 Å². The molecule has 0 unspecified atom stereocenters. The van der Waals surface area contributed by atoms with Gasteiger partial charge in [0.2, 0.25) is 5.95 Å². The highest BCUT2D eigenvalue weighted by molar-refractivity contribution is 5.59. The molecule has 1 fully saturated rings. The standard InChI is InChI=1S/C19H23N7/c1-4-17(22-16-3-2-8-20-12-16)26-18(5-1)24-19(25-26)23-15-7-6-13-10-21-11-14(13)9-15/h1,4-7,9,16,20-22H,2-3,8,10-12H2,(H,23,25)/t16-/m0/s1. The Bertz CT molecular complexity index is 927. The van der Waals surface area contributed by atoms with E-state index in [2.05, 4.69) is 55.6 Å². The van der Waals surface area contributed by atoms with Gasteiger partial charge in [0.25, 0.3) is 0 Å². The molecule has 7 nitrogen and oxygen atoms in total. The molecular weight excluding hydrogens is 326 g/mol. The first-order chi connectivity index (χ1) is 12.8. The summed E-state index contributed by atoms with van der Waals surface area (Å²) in [5, 5.41) is 18.4. The van der Waals surface area contributed by atoms with Crippen LogP contribution in [-0.4, -0.2) is 33.7 Å². The summed E-state index contributed by atoms with van der Waals surface area (Å²) < 4.78 is 1.88. The molecule has 5 rings (SSSR count). The van der Waals surface area contributed by atoms with Crippen LogP contribution in [0.3, 0.4) is 0 Å². The molecule has 2 aliphatic rings.